The van der Waals surface area contributed by atoms with Gasteiger partial charge in [0.15, 0.2) is 0 Å². The number of hydrogen-bond acceptors (Lipinski definition) is 3. The lowest BCUT2D eigenvalue weighted by molar-refractivity contribution is -0.254. The van der Waals surface area contributed by atoms with Gasteiger partial charge in [0.05, 0.1) is 12.5 Å². The lowest BCUT2D eigenvalue weighted by Crippen LogP contribution is -2.42. The maximum Gasteiger partial charge on any atom is 0.428 e. The summed E-state index contributed by atoms with van der Waals surface area (Å²) in [6, 6.07) is 17.6. The third-order valence-corrected chi connectivity index (χ3v) is 7.65. The molecule has 1 heterocycles. The molecule has 0 saturated carbocycles. The second-order valence-corrected chi connectivity index (χ2v) is 10.4. The Labute approximate surface area is 224 Å². The third-order valence-electron chi connectivity index (χ3n) is 7.65. The van der Waals surface area contributed by atoms with Crippen molar-refractivity contribution in [3.05, 3.63) is 99.9 Å². The van der Waals surface area contributed by atoms with Crippen LogP contribution in [0.25, 0.3) is 6.08 Å². The zero-order chi connectivity index (χ0) is 28.1. The van der Waals surface area contributed by atoms with Crippen LogP contribution in [-0.2, 0) is 16.8 Å². The van der Waals surface area contributed by atoms with E-state index < -0.39 is 35.2 Å². The number of nitrogens with zero attached hydrogens (tertiary/aromatic N) is 1. The van der Waals surface area contributed by atoms with Crippen LogP contribution in [0.15, 0.2) is 66.5 Å². The van der Waals surface area contributed by atoms with Crippen molar-refractivity contribution in [3.63, 3.8) is 0 Å². The summed E-state index contributed by atoms with van der Waals surface area (Å²) >= 11 is 0. The van der Waals surface area contributed by atoms with Gasteiger partial charge < -0.3 is 14.7 Å². The third kappa shape index (κ3) is 4.71. The molecule has 1 N–H and O–H groups in total. The number of halogens is 4. The van der Waals surface area contributed by atoms with E-state index in [1.54, 1.807) is 6.92 Å². The van der Waals surface area contributed by atoms with Crippen LogP contribution in [0.4, 0.5) is 23.2 Å². The Balaban J connectivity index is 1.57. The van der Waals surface area contributed by atoms with Gasteiger partial charge in [0, 0.05) is 11.3 Å². The molecule has 1 unspecified atom stereocenters. The molecule has 0 radical (unpaired) electrons. The predicted molar refractivity (Wildman–Crippen MR) is 141 cm³/mol. The summed E-state index contributed by atoms with van der Waals surface area (Å²) in [6.45, 7) is 5.84. The monoisotopic (exact) mass is 539 g/mol. The first kappa shape index (κ1) is 26.9. The number of anilines is 1. The average molecular weight is 540 g/mol. The van der Waals surface area contributed by atoms with Crippen molar-refractivity contribution in [1.29, 1.82) is 0 Å². The minimum Gasteiger partial charge on any atom is -0.488 e. The van der Waals surface area contributed by atoms with Crippen molar-refractivity contribution in [3.8, 4) is 5.75 Å². The zero-order valence-electron chi connectivity index (χ0n) is 21.8. The lowest BCUT2D eigenvalue weighted by atomic mass is 9.90. The van der Waals surface area contributed by atoms with Gasteiger partial charge in [0.2, 0.25) is 11.5 Å². The van der Waals surface area contributed by atoms with Crippen molar-refractivity contribution in [2.75, 3.05) is 11.4 Å². The van der Waals surface area contributed by atoms with Gasteiger partial charge in [0.1, 0.15) is 17.7 Å². The molecule has 4 nitrogen and oxygen atoms in total. The van der Waals surface area contributed by atoms with E-state index >= 15 is 0 Å². The Morgan fingerprint density at radius 2 is 1.82 bits per heavy atom. The molecule has 3 atom stereocenters. The Morgan fingerprint density at radius 1 is 1.10 bits per heavy atom. The van der Waals surface area contributed by atoms with Crippen LogP contribution in [0.3, 0.4) is 0 Å². The van der Waals surface area contributed by atoms with Gasteiger partial charge in [0.25, 0.3) is 0 Å². The van der Waals surface area contributed by atoms with Gasteiger partial charge in [-0.15, -0.1) is 0 Å². The molecular formula is C31H29F4NO3. The fraction of sp³-hybridized carbons (Fsp3) is 0.323. The molecule has 2 aliphatic rings. The smallest absolute Gasteiger partial charge is 0.428 e. The minimum absolute atomic E-state index is 0.106. The van der Waals surface area contributed by atoms with Crippen molar-refractivity contribution in [2.45, 2.75) is 57.4 Å². The van der Waals surface area contributed by atoms with E-state index in [0.717, 1.165) is 16.7 Å². The quantitative estimate of drug-likeness (QED) is 0.367. The fourth-order valence-electron chi connectivity index (χ4n) is 5.44. The number of alkyl halides is 3. The van der Waals surface area contributed by atoms with E-state index in [1.165, 1.54) is 17.0 Å². The van der Waals surface area contributed by atoms with Crippen molar-refractivity contribution in [1.82, 2.24) is 0 Å². The molecule has 0 bridgehead atoms. The summed E-state index contributed by atoms with van der Waals surface area (Å²) in [6.07, 6.45) is -4.32. The van der Waals surface area contributed by atoms with Gasteiger partial charge >= 0.3 is 6.18 Å². The molecule has 0 saturated heterocycles. The number of carbonyl (C=O) groups excluding carboxylic acids is 1. The van der Waals surface area contributed by atoms with Crippen molar-refractivity contribution < 1.29 is 32.2 Å². The second kappa shape index (κ2) is 9.83. The molecule has 0 aromatic heterocycles. The molecule has 0 spiro atoms. The Kier molecular flexibility index (Phi) is 6.79. The number of hydrogen-bond donors (Lipinski definition) is 1. The van der Waals surface area contributed by atoms with E-state index in [4.69, 9.17) is 4.74 Å². The van der Waals surface area contributed by atoms with E-state index in [9.17, 15) is 27.5 Å². The number of benzene rings is 3. The molecule has 1 amide bonds. The number of aryl methyl sites for hydroxylation is 3. The molecular weight excluding hydrogens is 510 g/mol. The van der Waals surface area contributed by atoms with Crippen LogP contribution in [0.2, 0.25) is 0 Å². The maximum atomic E-state index is 14.6. The molecule has 3 aromatic rings. The van der Waals surface area contributed by atoms with Crippen LogP contribution in [0, 0.1) is 13.8 Å². The standard InChI is InChI=1S/C31H29F4NO3/c1-18-9-12-27(19(2)13-18)39-24-11-10-22-14-25-23(16-28(32)30(25,38)31(33,34)35)15-26(22)36(17-24)29(37)20(3)21-7-5-4-6-8-21/h4-9,12-16,20,24,38H,10-11,17H2,1-3H3/t20-,24-,30?/m0/s1. The minimum atomic E-state index is -5.25. The van der Waals surface area contributed by atoms with E-state index in [2.05, 4.69) is 0 Å². The van der Waals surface area contributed by atoms with Crippen LogP contribution in [-0.4, -0.2) is 29.8 Å². The highest BCUT2D eigenvalue weighted by Crippen LogP contribution is 2.52. The summed E-state index contributed by atoms with van der Waals surface area (Å²) in [7, 11) is 0. The fourth-order valence-corrected chi connectivity index (χ4v) is 5.44. The van der Waals surface area contributed by atoms with Crippen LogP contribution < -0.4 is 9.64 Å². The maximum absolute atomic E-state index is 14.6. The predicted octanol–water partition coefficient (Wildman–Crippen LogP) is 6.91. The van der Waals surface area contributed by atoms with Crippen molar-refractivity contribution >= 4 is 17.7 Å². The number of fused-ring (bicyclic) bond motifs is 2. The summed E-state index contributed by atoms with van der Waals surface area (Å²) in [5.41, 5.74) is -0.781. The van der Waals surface area contributed by atoms with Crippen LogP contribution >= 0.6 is 0 Å². The number of amides is 1. The highest BCUT2D eigenvalue weighted by molar-refractivity contribution is 5.99. The van der Waals surface area contributed by atoms with Gasteiger partial charge in [-0.05, 0) is 80.1 Å². The topological polar surface area (TPSA) is 49.8 Å². The van der Waals surface area contributed by atoms with E-state index in [1.807, 2.05) is 62.4 Å². The van der Waals surface area contributed by atoms with E-state index in [0.29, 0.717) is 29.5 Å². The highest BCUT2D eigenvalue weighted by Gasteiger charge is 2.61. The summed E-state index contributed by atoms with van der Waals surface area (Å²) in [5.74, 6) is -1.82. The Hall–Kier alpha value is -3.65. The molecule has 1 aliphatic heterocycles. The Bertz CT molecular complexity index is 1450. The molecule has 5 rings (SSSR count). The summed E-state index contributed by atoms with van der Waals surface area (Å²) < 4.78 is 62.5. The SMILES string of the molecule is Cc1ccc(O[C@H]2CCc3cc4c(cc3N(C(=O)[C@@H](C)c3ccccc3)C2)C=C(F)C4(O)C(F)(F)F)c(C)c1. The van der Waals surface area contributed by atoms with E-state index in [-0.39, 0.29) is 24.4 Å². The van der Waals surface area contributed by atoms with Gasteiger partial charge in [-0.25, -0.2) is 4.39 Å². The second-order valence-electron chi connectivity index (χ2n) is 10.4. The molecule has 3 aromatic carbocycles. The van der Waals surface area contributed by atoms with Gasteiger partial charge in [-0.2, -0.15) is 13.2 Å². The molecule has 8 heteroatoms. The van der Waals surface area contributed by atoms with Gasteiger partial charge in [-0.3, -0.25) is 4.79 Å². The molecule has 39 heavy (non-hydrogen) atoms. The number of ether oxygens (including phenoxy) is 1. The normalized spacial score (nSPS) is 21.5. The first-order valence-electron chi connectivity index (χ1n) is 12.8. The summed E-state index contributed by atoms with van der Waals surface area (Å²) in [4.78, 5) is 15.5. The Morgan fingerprint density at radius 3 is 2.49 bits per heavy atom. The first-order valence-corrected chi connectivity index (χ1v) is 12.8. The average Bonchev–Trinajstić information content (AvgIpc) is 3.04. The molecule has 204 valence electrons. The van der Waals surface area contributed by atoms with Gasteiger partial charge in [-0.1, -0.05) is 48.0 Å². The largest absolute Gasteiger partial charge is 0.488 e. The van der Waals surface area contributed by atoms with Crippen LogP contribution in [0.1, 0.15) is 52.6 Å². The first-order chi connectivity index (χ1) is 18.4. The molecule has 0 fully saturated rings. The number of aliphatic hydroxyl groups is 1. The highest BCUT2D eigenvalue weighted by atomic mass is 19.4. The number of rotatable bonds is 4. The zero-order valence-corrected chi connectivity index (χ0v) is 21.8. The number of carbonyl (C=O) groups is 1. The summed E-state index contributed by atoms with van der Waals surface area (Å²) in [5, 5.41) is 10.5. The molecule has 1 aliphatic carbocycles. The van der Waals surface area contributed by atoms with Crippen molar-refractivity contribution in [2.24, 2.45) is 0 Å². The lowest BCUT2D eigenvalue weighted by Gasteiger charge is -2.31. The van der Waals surface area contributed by atoms with Crippen LogP contribution in [0.5, 0.6) is 5.75 Å².